The van der Waals surface area contributed by atoms with Crippen molar-refractivity contribution in [1.82, 2.24) is 20.4 Å². The van der Waals surface area contributed by atoms with Gasteiger partial charge in [0.15, 0.2) is 0 Å². The first-order valence-corrected chi connectivity index (χ1v) is 12.3. The second-order valence-electron chi connectivity index (χ2n) is 9.61. The lowest BCUT2D eigenvalue weighted by atomic mass is 9.94. The van der Waals surface area contributed by atoms with Crippen LogP contribution in [0.4, 0.5) is 0 Å². The topological polar surface area (TPSA) is 122 Å². The van der Waals surface area contributed by atoms with Gasteiger partial charge in [0.25, 0.3) is 0 Å². The molecule has 5 unspecified atom stereocenters. The molecule has 3 amide bonds. The number of carbonyl (C=O) groups excluding carboxylic acids is 3. The molecule has 4 N–H and O–H groups in total. The highest BCUT2D eigenvalue weighted by Gasteiger charge is 2.38. The summed E-state index contributed by atoms with van der Waals surface area (Å²) in [4.78, 5) is 42.9. The van der Waals surface area contributed by atoms with Crippen molar-refractivity contribution in [2.24, 2.45) is 5.92 Å². The first-order chi connectivity index (χ1) is 16.2. The molecular weight excluding hydrogens is 436 g/mol. The van der Waals surface area contributed by atoms with E-state index in [0.29, 0.717) is 18.5 Å². The number of rotatable bonds is 9. The Morgan fingerprint density at radius 2 is 1.74 bits per heavy atom. The predicted molar refractivity (Wildman–Crippen MR) is 128 cm³/mol. The number of aromatic hydroxyl groups is 1. The van der Waals surface area contributed by atoms with E-state index >= 15 is 0 Å². The minimum atomic E-state index is -1.03. The Bertz CT molecular complexity index is 845. The summed E-state index contributed by atoms with van der Waals surface area (Å²) in [5.74, 6) is -0.713. The quantitative estimate of drug-likeness (QED) is 0.426. The summed E-state index contributed by atoms with van der Waals surface area (Å²) < 4.78 is 0. The van der Waals surface area contributed by atoms with E-state index in [2.05, 4.69) is 10.6 Å². The molecule has 188 valence electrons. The lowest BCUT2D eigenvalue weighted by molar-refractivity contribution is -0.134. The van der Waals surface area contributed by atoms with Crippen molar-refractivity contribution < 1.29 is 24.6 Å². The summed E-state index contributed by atoms with van der Waals surface area (Å²) >= 11 is 0. The standard InChI is InChI=1S/C25H38N4O5/c1-4-16(2)19(15-21(32)29-12-5-6-13-29)26-24(33)22(17-7-9-18(30)10-8-17)27-25(34)23-20(31)11-14-28(23)3/h7-10,16,19-20,22-23,30-31H,4-6,11-15H2,1-3H3,(H,26,33)(H,27,34). The van der Waals surface area contributed by atoms with E-state index in [1.165, 1.54) is 12.1 Å². The van der Waals surface area contributed by atoms with Gasteiger partial charge in [-0.25, -0.2) is 0 Å². The molecule has 2 saturated heterocycles. The molecule has 34 heavy (non-hydrogen) atoms. The van der Waals surface area contributed by atoms with E-state index in [1.54, 1.807) is 24.1 Å². The van der Waals surface area contributed by atoms with Gasteiger partial charge < -0.3 is 25.7 Å². The molecule has 0 spiro atoms. The second-order valence-corrected chi connectivity index (χ2v) is 9.61. The highest BCUT2D eigenvalue weighted by Crippen LogP contribution is 2.22. The average molecular weight is 475 g/mol. The summed E-state index contributed by atoms with van der Waals surface area (Å²) in [5, 5.41) is 25.8. The summed E-state index contributed by atoms with van der Waals surface area (Å²) in [6.45, 7) is 6.11. The van der Waals surface area contributed by atoms with Gasteiger partial charge in [-0.3, -0.25) is 19.3 Å². The minimum absolute atomic E-state index is 0.0315. The Morgan fingerprint density at radius 1 is 1.09 bits per heavy atom. The Balaban J connectivity index is 1.78. The molecule has 9 nitrogen and oxygen atoms in total. The van der Waals surface area contributed by atoms with Crippen LogP contribution in [0.2, 0.25) is 0 Å². The normalized spacial score (nSPS) is 23.4. The first-order valence-electron chi connectivity index (χ1n) is 12.3. The number of nitrogens with zero attached hydrogens (tertiary/aromatic N) is 2. The maximum absolute atomic E-state index is 13.5. The molecule has 0 aliphatic carbocycles. The average Bonchev–Trinajstić information content (AvgIpc) is 3.47. The molecule has 2 fully saturated rings. The molecular formula is C25H38N4O5. The zero-order valence-electron chi connectivity index (χ0n) is 20.4. The molecule has 0 saturated carbocycles. The smallest absolute Gasteiger partial charge is 0.247 e. The summed E-state index contributed by atoms with van der Waals surface area (Å²) in [5.41, 5.74) is 0.507. The van der Waals surface area contributed by atoms with Crippen LogP contribution in [0, 0.1) is 5.92 Å². The van der Waals surface area contributed by atoms with Crippen LogP contribution in [0.25, 0.3) is 0 Å². The van der Waals surface area contributed by atoms with Gasteiger partial charge in [0.1, 0.15) is 17.8 Å². The zero-order valence-corrected chi connectivity index (χ0v) is 20.4. The van der Waals surface area contributed by atoms with Crippen molar-refractivity contribution in [3.63, 3.8) is 0 Å². The lowest BCUT2D eigenvalue weighted by Crippen LogP contribution is -2.52. The fourth-order valence-corrected chi connectivity index (χ4v) is 4.72. The summed E-state index contributed by atoms with van der Waals surface area (Å²) in [7, 11) is 1.76. The SMILES string of the molecule is CCC(C)C(CC(=O)N1CCCC1)NC(=O)C(NC(=O)C1C(O)CCN1C)c1ccc(O)cc1. The number of carbonyl (C=O) groups is 3. The second kappa shape index (κ2) is 11.7. The van der Waals surface area contributed by atoms with Crippen LogP contribution in [0.3, 0.4) is 0 Å². The highest BCUT2D eigenvalue weighted by atomic mass is 16.3. The van der Waals surface area contributed by atoms with Gasteiger partial charge in [0.05, 0.1) is 6.10 Å². The van der Waals surface area contributed by atoms with Gasteiger partial charge in [0, 0.05) is 32.1 Å². The number of phenols is 1. The molecule has 2 aliphatic heterocycles. The Morgan fingerprint density at radius 3 is 2.29 bits per heavy atom. The number of hydrogen-bond donors (Lipinski definition) is 4. The Kier molecular flexibility index (Phi) is 8.90. The van der Waals surface area contributed by atoms with Crippen LogP contribution < -0.4 is 10.6 Å². The predicted octanol–water partition coefficient (Wildman–Crippen LogP) is 1.16. The molecule has 5 atom stereocenters. The van der Waals surface area contributed by atoms with E-state index in [9.17, 15) is 24.6 Å². The number of phenolic OH excluding ortho intramolecular Hbond substituents is 1. The number of nitrogens with one attached hydrogen (secondary N) is 2. The fraction of sp³-hybridized carbons (Fsp3) is 0.640. The number of likely N-dealkylation sites (N-methyl/N-ethyl adjacent to an activating group) is 1. The van der Waals surface area contributed by atoms with E-state index in [-0.39, 0.29) is 30.0 Å². The van der Waals surface area contributed by atoms with Crippen LogP contribution in [0.15, 0.2) is 24.3 Å². The number of aliphatic hydroxyl groups is 1. The monoisotopic (exact) mass is 474 g/mol. The third kappa shape index (κ3) is 6.27. The minimum Gasteiger partial charge on any atom is -0.508 e. The maximum atomic E-state index is 13.5. The number of amides is 3. The lowest BCUT2D eigenvalue weighted by Gasteiger charge is -2.29. The Labute approximate surface area is 201 Å². The van der Waals surface area contributed by atoms with Crippen molar-refractivity contribution in [3.8, 4) is 5.75 Å². The van der Waals surface area contributed by atoms with E-state index in [0.717, 1.165) is 32.4 Å². The van der Waals surface area contributed by atoms with Gasteiger partial charge in [-0.1, -0.05) is 32.4 Å². The van der Waals surface area contributed by atoms with Crippen LogP contribution in [-0.4, -0.2) is 82.6 Å². The molecule has 0 aromatic heterocycles. The van der Waals surface area contributed by atoms with Crippen LogP contribution in [-0.2, 0) is 14.4 Å². The fourth-order valence-electron chi connectivity index (χ4n) is 4.72. The molecule has 1 aromatic carbocycles. The third-order valence-electron chi connectivity index (χ3n) is 7.17. The number of aliphatic hydroxyl groups excluding tert-OH is 1. The number of benzene rings is 1. The van der Waals surface area contributed by atoms with Crippen molar-refractivity contribution in [1.29, 1.82) is 0 Å². The zero-order chi connectivity index (χ0) is 24.8. The van der Waals surface area contributed by atoms with Crippen molar-refractivity contribution in [2.75, 3.05) is 26.7 Å². The first kappa shape index (κ1) is 26.0. The summed E-state index contributed by atoms with van der Waals surface area (Å²) in [6, 6.07) is 3.95. The van der Waals surface area contributed by atoms with Crippen LogP contribution >= 0.6 is 0 Å². The van der Waals surface area contributed by atoms with E-state index in [4.69, 9.17) is 0 Å². The van der Waals surface area contributed by atoms with Gasteiger partial charge in [0.2, 0.25) is 17.7 Å². The molecule has 9 heteroatoms. The van der Waals surface area contributed by atoms with Gasteiger partial charge in [-0.05, 0) is 49.9 Å². The summed E-state index contributed by atoms with van der Waals surface area (Å²) in [6.07, 6.45) is 2.68. The van der Waals surface area contributed by atoms with E-state index in [1.807, 2.05) is 18.7 Å². The van der Waals surface area contributed by atoms with Crippen LogP contribution in [0.1, 0.15) is 57.6 Å². The molecule has 3 rings (SSSR count). The molecule has 2 heterocycles. The van der Waals surface area contributed by atoms with Crippen molar-refractivity contribution in [3.05, 3.63) is 29.8 Å². The maximum Gasteiger partial charge on any atom is 0.247 e. The van der Waals surface area contributed by atoms with Gasteiger partial charge in [-0.15, -0.1) is 0 Å². The largest absolute Gasteiger partial charge is 0.508 e. The van der Waals surface area contributed by atoms with E-state index < -0.39 is 30.0 Å². The van der Waals surface area contributed by atoms with Gasteiger partial charge >= 0.3 is 0 Å². The van der Waals surface area contributed by atoms with Gasteiger partial charge in [-0.2, -0.15) is 0 Å². The Hall–Kier alpha value is -2.65. The van der Waals surface area contributed by atoms with Crippen LogP contribution in [0.5, 0.6) is 5.75 Å². The highest BCUT2D eigenvalue weighted by molar-refractivity contribution is 5.91. The molecule has 0 bridgehead atoms. The molecule has 2 aliphatic rings. The molecule has 1 aromatic rings. The number of likely N-dealkylation sites (tertiary alicyclic amines) is 2. The third-order valence-corrected chi connectivity index (χ3v) is 7.17. The van der Waals surface area contributed by atoms with Crippen molar-refractivity contribution >= 4 is 17.7 Å². The number of hydrogen-bond acceptors (Lipinski definition) is 6. The molecule has 0 radical (unpaired) electrons. The van der Waals surface area contributed by atoms with Crippen molar-refractivity contribution in [2.45, 2.75) is 70.2 Å².